The predicted octanol–water partition coefficient (Wildman–Crippen LogP) is -0.941. The van der Waals surface area contributed by atoms with E-state index >= 15 is 0 Å². The van der Waals surface area contributed by atoms with Gasteiger partial charge in [-0.15, -0.1) is 0 Å². The van der Waals surface area contributed by atoms with Crippen molar-refractivity contribution in [2.75, 3.05) is 0 Å². The number of nitrogens with two attached hydrogens (primary N) is 1. The van der Waals surface area contributed by atoms with Gasteiger partial charge in [-0.05, 0) is 0 Å². The van der Waals surface area contributed by atoms with Crippen LogP contribution in [0.5, 0.6) is 0 Å². The van der Waals surface area contributed by atoms with Crippen LogP contribution in [-0.2, 0) is 13.6 Å². The Labute approximate surface area is 64.4 Å². The van der Waals surface area contributed by atoms with Crippen molar-refractivity contribution in [3.8, 4) is 0 Å². The first-order chi connectivity index (χ1) is 5.22. The first-order valence-corrected chi connectivity index (χ1v) is 3.20. The summed E-state index contributed by atoms with van der Waals surface area (Å²) in [6, 6.07) is 0. The van der Waals surface area contributed by atoms with Crippen LogP contribution in [-0.4, -0.2) is 15.6 Å². The molecule has 0 spiro atoms. The smallest absolute Gasteiger partial charge is 0.243 e. The SMILES string of the molecule is C[n+]1ccn(C/C(N)=N/O)c1. The normalized spacial score (nSPS) is 11.9. The van der Waals surface area contributed by atoms with Gasteiger partial charge in [-0.2, -0.15) is 0 Å². The van der Waals surface area contributed by atoms with Crippen LogP contribution in [0.25, 0.3) is 0 Å². The van der Waals surface area contributed by atoms with Crippen LogP contribution in [0.2, 0.25) is 0 Å². The van der Waals surface area contributed by atoms with Crippen molar-refractivity contribution >= 4 is 5.84 Å². The number of hydrogen-bond donors (Lipinski definition) is 2. The first kappa shape index (κ1) is 7.59. The summed E-state index contributed by atoms with van der Waals surface area (Å²) in [6.07, 6.45) is 5.57. The predicted molar refractivity (Wildman–Crippen MR) is 39.0 cm³/mol. The molecule has 5 nitrogen and oxygen atoms in total. The highest BCUT2D eigenvalue weighted by Crippen LogP contribution is 1.82. The minimum absolute atomic E-state index is 0.196. The molecule has 60 valence electrons. The van der Waals surface area contributed by atoms with Crippen LogP contribution >= 0.6 is 0 Å². The third-order valence-corrected chi connectivity index (χ3v) is 1.30. The maximum atomic E-state index is 8.25. The minimum Gasteiger partial charge on any atom is -0.409 e. The summed E-state index contributed by atoms with van der Waals surface area (Å²) in [6.45, 7) is 0.414. The van der Waals surface area contributed by atoms with Crippen molar-refractivity contribution in [1.82, 2.24) is 4.57 Å². The standard InChI is InChI=1S/C6H10N4O/c1-9-2-3-10(5-9)4-6(7)8-11/h2-3,5H,4H2,1H3,(H2-,7,8,11)/p+1. The Morgan fingerprint density at radius 2 is 2.55 bits per heavy atom. The van der Waals surface area contributed by atoms with Crippen LogP contribution in [0.3, 0.4) is 0 Å². The Balaban J connectivity index is 2.65. The molecule has 0 saturated carbocycles. The van der Waals surface area contributed by atoms with Crippen molar-refractivity contribution in [2.24, 2.45) is 17.9 Å². The van der Waals surface area contributed by atoms with Gasteiger partial charge in [-0.1, -0.05) is 5.16 Å². The molecule has 1 aromatic heterocycles. The van der Waals surface area contributed by atoms with Crippen LogP contribution in [0, 0.1) is 0 Å². The molecular weight excluding hydrogens is 144 g/mol. The Morgan fingerprint density at radius 3 is 3.00 bits per heavy atom. The zero-order chi connectivity index (χ0) is 8.27. The van der Waals surface area contributed by atoms with Crippen LogP contribution in [0.15, 0.2) is 23.9 Å². The molecule has 0 amide bonds. The van der Waals surface area contributed by atoms with E-state index in [-0.39, 0.29) is 5.84 Å². The summed E-state index contributed by atoms with van der Waals surface area (Å²) in [7, 11) is 1.91. The molecule has 0 aliphatic carbocycles. The lowest BCUT2D eigenvalue weighted by atomic mass is 10.6. The third-order valence-electron chi connectivity index (χ3n) is 1.30. The average Bonchev–Trinajstić information content (AvgIpc) is 2.35. The van der Waals surface area contributed by atoms with Crippen LogP contribution < -0.4 is 10.3 Å². The number of oxime groups is 1. The molecule has 0 bridgehead atoms. The monoisotopic (exact) mass is 155 g/mol. The summed E-state index contributed by atoms with van der Waals surface area (Å²) >= 11 is 0. The van der Waals surface area contributed by atoms with Crippen LogP contribution in [0.4, 0.5) is 0 Å². The number of rotatable bonds is 2. The molecule has 0 saturated heterocycles. The largest absolute Gasteiger partial charge is 0.409 e. The fraction of sp³-hybridized carbons (Fsp3) is 0.333. The second-order valence-electron chi connectivity index (χ2n) is 2.34. The van der Waals surface area contributed by atoms with Gasteiger partial charge >= 0.3 is 0 Å². The zero-order valence-electron chi connectivity index (χ0n) is 6.31. The molecule has 3 N–H and O–H groups in total. The van der Waals surface area contributed by atoms with E-state index in [0.717, 1.165) is 0 Å². The van der Waals surface area contributed by atoms with Gasteiger partial charge in [-0.3, -0.25) is 0 Å². The maximum absolute atomic E-state index is 8.25. The molecule has 0 aliphatic rings. The van der Waals surface area contributed by atoms with Gasteiger partial charge in [0.05, 0.1) is 7.05 Å². The topological polar surface area (TPSA) is 67.4 Å². The fourth-order valence-corrected chi connectivity index (χ4v) is 0.814. The quantitative estimate of drug-likeness (QED) is 0.190. The van der Waals surface area contributed by atoms with Gasteiger partial charge < -0.3 is 10.9 Å². The van der Waals surface area contributed by atoms with E-state index in [1.165, 1.54) is 0 Å². The highest BCUT2D eigenvalue weighted by Gasteiger charge is 2.01. The molecule has 1 aromatic rings. The number of nitrogens with zero attached hydrogens (tertiary/aromatic N) is 3. The number of imidazole rings is 1. The van der Waals surface area contributed by atoms with E-state index in [2.05, 4.69) is 5.16 Å². The van der Waals surface area contributed by atoms with E-state index < -0.39 is 0 Å². The van der Waals surface area contributed by atoms with Gasteiger partial charge in [0, 0.05) is 0 Å². The number of aryl methyl sites for hydroxylation is 1. The highest BCUT2D eigenvalue weighted by molar-refractivity contribution is 5.79. The lowest BCUT2D eigenvalue weighted by Crippen LogP contribution is -2.25. The lowest BCUT2D eigenvalue weighted by molar-refractivity contribution is -0.671. The summed E-state index contributed by atoms with van der Waals surface area (Å²) in [5, 5.41) is 11.1. The summed E-state index contributed by atoms with van der Waals surface area (Å²) in [5.74, 6) is 0.196. The molecule has 0 fully saturated rings. The van der Waals surface area contributed by atoms with E-state index in [9.17, 15) is 0 Å². The Kier molecular flexibility index (Phi) is 2.10. The van der Waals surface area contributed by atoms with Gasteiger partial charge in [0.2, 0.25) is 6.33 Å². The molecule has 0 aliphatic heterocycles. The molecule has 1 rings (SSSR count). The van der Waals surface area contributed by atoms with Crippen molar-refractivity contribution < 1.29 is 9.77 Å². The Morgan fingerprint density at radius 1 is 1.82 bits per heavy atom. The molecular formula is C6H11N4O+. The molecule has 1 heterocycles. The minimum atomic E-state index is 0.196. The number of amidine groups is 1. The lowest BCUT2D eigenvalue weighted by Gasteiger charge is -1.91. The van der Waals surface area contributed by atoms with Gasteiger partial charge in [0.15, 0.2) is 12.4 Å². The fourth-order valence-electron chi connectivity index (χ4n) is 0.814. The Hall–Kier alpha value is -1.52. The van der Waals surface area contributed by atoms with E-state index in [0.29, 0.717) is 6.54 Å². The number of hydrogen-bond acceptors (Lipinski definition) is 2. The number of aromatic nitrogens is 2. The van der Waals surface area contributed by atoms with Gasteiger partial charge in [0.25, 0.3) is 0 Å². The molecule has 0 unspecified atom stereocenters. The molecule has 0 radical (unpaired) electrons. The van der Waals surface area contributed by atoms with Gasteiger partial charge in [0.1, 0.15) is 12.4 Å². The van der Waals surface area contributed by atoms with E-state index in [4.69, 9.17) is 10.9 Å². The zero-order valence-corrected chi connectivity index (χ0v) is 6.31. The molecule has 0 aromatic carbocycles. The van der Waals surface area contributed by atoms with E-state index in [1.807, 2.05) is 34.9 Å². The first-order valence-electron chi connectivity index (χ1n) is 3.20. The maximum Gasteiger partial charge on any atom is 0.243 e. The average molecular weight is 155 g/mol. The van der Waals surface area contributed by atoms with Crippen molar-refractivity contribution in [2.45, 2.75) is 6.54 Å². The second kappa shape index (κ2) is 3.05. The summed E-state index contributed by atoms with van der Waals surface area (Å²) in [4.78, 5) is 0. The molecule has 0 atom stereocenters. The highest BCUT2D eigenvalue weighted by atomic mass is 16.4. The van der Waals surface area contributed by atoms with Crippen molar-refractivity contribution in [1.29, 1.82) is 0 Å². The van der Waals surface area contributed by atoms with E-state index in [1.54, 1.807) is 0 Å². The van der Waals surface area contributed by atoms with Gasteiger partial charge in [-0.25, -0.2) is 9.13 Å². The van der Waals surface area contributed by atoms with Crippen molar-refractivity contribution in [3.05, 3.63) is 18.7 Å². The van der Waals surface area contributed by atoms with Crippen molar-refractivity contribution in [3.63, 3.8) is 0 Å². The summed E-state index contributed by atoms with van der Waals surface area (Å²) < 4.78 is 3.69. The Bertz CT molecular complexity index is 265. The molecule has 5 heteroatoms. The second-order valence-corrected chi connectivity index (χ2v) is 2.34. The summed E-state index contributed by atoms with van der Waals surface area (Å²) in [5.41, 5.74) is 5.28. The molecule has 11 heavy (non-hydrogen) atoms. The van der Waals surface area contributed by atoms with Crippen LogP contribution in [0.1, 0.15) is 0 Å². The third kappa shape index (κ3) is 1.96.